The summed E-state index contributed by atoms with van der Waals surface area (Å²) in [5.41, 5.74) is 1.99. The van der Waals surface area contributed by atoms with Gasteiger partial charge in [-0.05, 0) is 31.5 Å². The number of benzene rings is 1. The Balaban J connectivity index is 2.35. The average Bonchev–Trinajstić information content (AvgIpc) is 3.15. The van der Waals surface area contributed by atoms with Crippen LogP contribution in [0.2, 0.25) is 5.02 Å². The van der Waals surface area contributed by atoms with E-state index in [4.69, 9.17) is 11.6 Å². The van der Waals surface area contributed by atoms with Crippen LogP contribution in [-0.2, 0) is 27.9 Å². The van der Waals surface area contributed by atoms with Gasteiger partial charge in [-0.2, -0.15) is 10.2 Å². The highest BCUT2D eigenvalue weighted by atomic mass is 35.5. The lowest BCUT2D eigenvalue weighted by Gasteiger charge is -2.31. The number of allylic oxidation sites excluding steroid dienone is 1. The van der Waals surface area contributed by atoms with Crippen LogP contribution in [0.3, 0.4) is 0 Å². The van der Waals surface area contributed by atoms with Crippen molar-refractivity contribution in [3.63, 3.8) is 0 Å². The Kier molecular flexibility index (Phi) is 11.7. The quantitative estimate of drug-likeness (QED) is 0.0848. The maximum atomic E-state index is 13.8. The van der Waals surface area contributed by atoms with Crippen molar-refractivity contribution in [2.75, 3.05) is 38.5 Å². The van der Waals surface area contributed by atoms with Crippen LogP contribution in [0.1, 0.15) is 24.7 Å². The minimum Gasteiger partial charge on any atom is -0.504 e. The Morgan fingerprint density at radius 1 is 1.33 bits per heavy atom. The van der Waals surface area contributed by atoms with Crippen molar-refractivity contribution in [2.24, 2.45) is 12.1 Å². The number of carbonyl (C=O) groups excluding carboxylic acids is 3. The monoisotopic (exact) mass is 564 g/mol. The Bertz CT molecular complexity index is 1230. The van der Waals surface area contributed by atoms with Crippen molar-refractivity contribution in [2.45, 2.75) is 26.7 Å². The minimum atomic E-state index is -0.630. The van der Waals surface area contributed by atoms with E-state index < -0.39 is 24.2 Å². The van der Waals surface area contributed by atoms with Gasteiger partial charge in [0.05, 0.1) is 16.4 Å². The fraction of sp³-hybridized carbons (Fsp3) is 0.400. The average molecular weight is 565 g/mol. The van der Waals surface area contributed by atoms with Crippen LogP contribution < -0.4 is 16.0 Å². The maximum Gasteiger partial charge on any atom is 0.292 e. The molecule has 0 aliphatic carbocycles. The van der Waals surface area contributed by atoms with Gasteiger partial charge in [0.1, 0.15) is 23.8 Å². The van der Waals surface area contributed by atoms with E-state index in [0.717, 1.165) is 17.1 Å². The molecule has 0 fully saturated rings. The molecule has 0 radical (unpaired) electrons. The van der Waals surface area contributed by atoms with E-state index in [9.17, 15) is 23.9 Å². The van der Waals surface area contributed by atoms with Gasteiger partial charge < -0.3 is 26.0 Å². The van der Waals surface area contributed by atoms with Crippen molar-refractivity contribution < 1.29 is 23.9 Å². The highest BCUT2D eigenvalue weighted by Gasteiger charge is 2.28. The molecule has 1 aromatic heterocycles. The number of amides is 3. The van der Waals surface area contributed by atoms with E-state index in [1.165, 1.54) is 6.07 Å². The third-order valence-electron chi connectivity index (χ3n) is 5.96. The first kappa shape index (κ1) is 31.1. The van der Waals surface area contributed by atoms with Crippen LogP contribution in [0.5, 0.6) is 5.75 Å². The number of carbonyl (C=O) groups is 3. The summed E-state index contributed by atoms with van der Waals surface area (Å²) in [5, 5.41) is 27.6. The number of aryl methyl sites for hydroxylation is 1. The number of aromatic hydroxyl groups is 1. The van der Waals surface area contributed by atoms with Crippen LogP contribution in [0.4, 0.5) is 10.1 Å². The van der Waals surface area contributed by atoms with Crippen molar-refractivity contribution in [1.82, 2.24) is 30.3 Å². The number of halogens is 2. The number of anilines is 1. The predicted molar refractivity (Wildman–Crippen MR) is 147 cm³/mol. The molecule has 0 unspecified atom stereocenters. The van der Waals surface area contributed by atoms with Gasteiger partial charge in [0.15, 0.2) is 5.75 Å². The van der Waals surface area contributed by atoms with E-state index in [1.54, 1.807) is 30.6 Å². The second-order valence-electron chi connectivity index (χ2n) is 8.42. The molecule has 39 heavy (non-hydrogen) atoms. The third kappa shape index (κ3) is 8.18. The van der Waals surface area contributed by atoms with E-state index >= 15 is 0 Å². The Morgan fingerprint density at radius 2 is 2.05 bits per heavy atom. The molecule has 3 amide bonds. The first-order valence-electron chi connectivity index (χ1n) is 12.2. The lowest BCUT2D eigenvalue weighted by molar-refractivity contribution is -0.132. The van der Waals surface area contributed by atoms with Crippen LogP contribution in [0, 0.1) is 12.7 Å². The number of hydrazone groups is 1. The molecule has 0 atom stereocenters. The van der Waals surface area contributed by atoms with Gasteiger partial charge in [0, 0.05) is 52.6 Å². The summed E-state index contributed by atoms with van der Waals surface area (Å²) in [6.45, 7) is 7.25. The first-order chi connectivity index (χ1) is 18.6. The van der Waals surface area contributed by atoms with Gasteiger partial charge in [-0.1, -0.05) is 18.5 Å². The van der Waals surface area contributed by atoms with Gasteiger partial charge in [0.2, 0.25) is 12.3 Å². The number of nitrogens with zero attached hydrogens (tertiary/aromatic N) is 5. The standard InChI is InChI=1S/C25H34ClFN8O4/c1-6-19(28-3)23(34(12-10-30-15-36)11-9-21-24(38)16(2)33(5)32-21)25(39)35(29-4)14-22(37)31-20-8-7-17(27)13-18(20)26/h7-8,13,15,28,38H,4,6,9-12,14H2,1-3,5H3,(H,30,36)(H,31,37)/b23-19+. The zero-order chi connectivity index (χ0) is 29.1. The van der Waals surface area contributed by atoms with E-state index in [2.05, 4.69) is 32.9 Å². The maximum absolute atomic E-state index is 13.8. The molecule has 14 heteroatoms. The summed E-state index contributed by atoms with van der Waals surface area (Å²) < 4.78 is 14.9. The highest BCUT2D eigenvalue weighted by molar-refractivity contribution is 6.33. The van der Waals surface area contributed by atoms with Crippen molar-refractivity contribution in [3.05, 3.63) is 51.8 Å². The normalized spacial score (nSPS) is 11.3. The Hall–Kier alpha value is -4.13. The van der Waals surface area contributed by atoms with Crippen LogP contribution in [-0.4, -0.2) is 83.0 Å². The van der Waals surface area contributed by atoms with Crippen molar-refractivity contribution in [1.29, 1.82) is 0 Å². The zero-order valence-electron chi connectivity index (χ0n) is 22.4. The number of hydrogen-bond acceptors (Lipinski definition) is 8. The summed E-state index contributed by atoms with van der Waals surface area (Å²) in [6, 6.07) is 3.50. The molecule has 0 saturated heterocycles. The molecule has 0 saturated carbocycles. The second kappa shape index (κ2) is 14.7. The molecule has 0 aliphatic rings. The van der Waals surface area contributed by atoms with Crippen LogP contribution >= 0.6 is 11.6 Å². The fourth-order valence-electron chi connectivity index (χ4n) is 3.81. The molecule has 1 aromatic carbocycles. The largest absolute Gasteiger partial charge is 0.504 e. The third-order valence-corrected chi connectivity index (χ3v) is 6.28. The lowest BCUT2D eigenvalue weighted by Crippen LogP contribution is -2.43. The molecular weight excluding hydrogens is 531 g/mol. The summed E-state index contributed by atoms with van der Waals surface area (Å²) in [5.74, 6) is -1.75. The van der Waals surface area contributed by atoms with Crippen molar-refractivity contribution in [3.8, 4) is 5.75 Å². The molecule has 2 rings (SSSR count). The predicted octanol–water partition coefficient (Wildman–Crippen LogP) is 1.74. The Labute approximate surface area is 231 Å². The number of nitrogens with one attached hydrogen (secondary N) is 3. The molecule has 0 bridgehead atoms. The lowest BCUT2D eigenvalue weighted by atomic mass is 10.1. The van der Waals surface area contributed by atoms with E-state index in [1.807, 2.05) is 6.92 Å². The summed E-state index contributed by atoms with van der Waals surface area (Å²) in [6.07, 6.45) is 1.28. The zero-order valence-corrected chi connectivity index (χ0v) is 23.2. The molecular formula is C25H34ClFN8O4. The smallest absolute Gasteiger partial charge is 0.292 e. The molecule has 12 nitrogen and oxygen atoms in total. The topological polar surface area (TPSA) is 144 Å². The van der Waals surface area contributed by atoms with Gasteiger partial charge >= 0.3 is 0 Å². The first-order valence-corrected chi connectivity index (χ1v) is 12.5. The molecule has 0 aliphatic heterocycles. The summed E-state index contributed by atoms with van der Waals surface area (Å²) >= 11 is 6.00. The number of hydrogen-bond donors (Lipinski definition) is 4. The second-order valence-corrected chi connectivity index (χ2v) is 8.83. The van der Waals surface area contributed by atoms with Gasteiger partial charge in [0.25, 0.3) is 5.91 Å². The summed E-state index contributed by atoms with van der Waals surface area (Å²) in [7, 11) is 3.38. The SMILES string of the molecule is C=NN(CC(=O)Nc1ccc(F)cc1Cl)C(=O)/C(=C(/CC)NC)N(CCNC=O)CCc1nn(C)c(C)c1O. The van der Waals surface area contributed by atoms with E-state index in [0.29, 0.717) is 29.9 Å². The molecule has 4 N–H and O–H groups in total. The van der Waals surface area contributed by atoms with Crippen LogP contribution in [0.25, 0.3) is 0 Å². The number of rotatable bonds is 15. The molecule has 212 valence electrons. The Morgan fingerprint density at radius 3 is 2.59 bits per heavy atom. The molecule has 2 aromatic rings. The number of aromatic nitrogens is 2. The van der Waals surface area contributed by atoms with Gasteiger partial charge in [-0.25, -0.2) is 9.40 Å². The van der Waals surface area contributed by atoms with Crippen LogP contribution in [0.15, 0.2) is 34.7 Å². The van der Waals surface area contributed by atoms with Gasteiger partial charge in [-0.15, -0.1) is 0 Å². The molecule has 0 spiro atoms. The highest BCUT2D eigenvalue weighted by Crippen LogP contribution is 2.24. The van der Waals surface area contributed by atoms with E-state index in [-0.39, 0.29) is 48.2 Å². The van der Waals surface area contributed by atoms with Gasteiger partial charge in [-0.3, -0.25) is 19.1 Å². The van der Waals surface area contributed by atoms with Crippen molar-refractivity contribution >= 4 is 42.2 Å². The molecule has 1 heterocycles. The minimum absolute atomic E-state index is 0.00121. The fourth-order valence-corrected chi connectivity index (χ4v) is 4.03. The summed E-state index contributed by atoms with van der Waals surface area (Å²) in [4.78, 5) is 39.1.